The summed E-state index contributed by atoms with van der Waals surface area (Å²) in [5.74, 6) is 7.75. The van der Waals surface area contributed by atoms with Crippen molar-refractivity contribution in [2.45, 2.75) is 26.2 Å². The van der Waals surface area contributed by atoms with Gasteiger partial charge in [0.1, 0.15) is 11.6 Å². The molecule has 0 radical (unpaired) electrons. The Balaban J connectivity index is 1.91. The van der Waals surface area contributed by atoms with E-state index in [2.05, 4.69) is 45.8 Å². The van der Waals surface area contributed by atoms with Gasteiger partial charge in [0, 0.05) is 30.8 Å². The Bertz CT molecular complexity index is 898. The van der Waals surface area contributed by atoms with Crippen LogP contribution in [0.2, 0.25) is 0 Å². The average molecular weight is 381 g/mol. The van der Waals surface area contributed by atoms with Gasteiger partial charge in [0.25, 0.3) is 0 Å². The first kappa shape index (κ1) is 19.8. The Hall–Kier alpha value is -2.98. The van der Waals surface area contributed by atoms with E-state index in [1.54, 1.807) is 7.11 Å². The molecule has 28 heavy (non-hydrogen) atoms. The molecule has 7 heteroatoms. The van der Waals surface area contributed by atoms with Crippen molar-refractivity contribution in [2.24, 2.45) is 0 Å². The second-order valence-electron chi connectivity index (χ2n) is 6.70. The fourth-order valence-corrected chi connectivity index (χ4v) is 3.18. The number of ether oxygens (including phenoxy) is 2. The molecule has 1 aromatic carbocycles. The number of aryl methyl sites for hydroxylation is 1. The summed E-state index contributed by atoms with van der Waals surface area (Å²) in [6, 6.07) is 6.24. The van der Waals surface area contributed by atoms with Crippen LogP contribution >= 0.6 is 0 Å². The first-order valence-corrected chi connectivity index (χ1v) is 9.46. The third-order valence-corrected chi connectivity index (χ3v) is 4.80. The molecule has 1 fully saturated rings. The van der Waals surface area contributed by atoms with Crippen LogP contribution < -0.4 is 21.1 Å². The topological polar surface area (TPSA) is 99.5 Å². The van der Waals surface area contributed by atoms with Crippen LogP contribution in [0.4, 0.5) is 17.5 Å². The van der Waals surface area contributed by atoms with E-state index < -0.39 is 0 Å². The summed E-state index contributed by atoms with van der Waals surface area (Å²) in [7, 11) is 1.68. The van der Waals surface area contributed by atoms with Gasteiger partial charge < -0.3 is 25.8 Å². The second-order valence-corrected chi connectivity index (χ2v) is 6.70. The maximum atomic E-state index is 6.02. The molecule has 7 nitrogen and oxygen atoms in total. The molecular formula is C21H27N5O2. The number of hydrogen-bond donors (Lipinski definition) is 2. The first-order valence-electron chi connectivity index (χ1n) is 9.46. The molecular weight excluding hydrogens is 354 g/mol. The fourth-order valence-electron chi connectivity index (χ4n) is 3.18. The van der Waals surface area contributed by atoms with Crippen molar-refractivity contribution < 1.29 is 9.47 Å². The van der Waals surface area contributed by atoms with E-state index >= 15 is 0 Å². The molecule has 3 rings (SSSR count). The predicted molar refractivity (Wildman–Crippen MR) is 112 cm³/mol. The summed E-state index contributed by atoms with van der Waals surface area (Å²) in [5.41, 5.74) is 15.3. The maximum Gasteiger partial charge on any atom is 0.222 e. The standard InChI is InChI=1S/C21H27N5O2/c1-4-19-18(20(22)25-21(23)24-19)6-5-14(2)15-11-16(13-17(12-15)27-3)26-7-9-28-10-8-26/h11-14H,4,7-10H2,1-3H3,(H4,22,23,24,25)/t14-/m0/s1. The van der Waals surface area contributed by atoms with Crippen molar-refractivity contribution in [3.8, 4) is 17.6 Å². The Morgan fingerprint density at radius 2 is 1.96 bits per heavy atom. The molecule has 0 aliphatic carbocycles. The Labute approximate surface area is 166 Å². The minimum atomic E-state index is -0.0171. The van der Waals surface area contributed by atoms with Gasteiger partial charge in [-0.2, -0.15) is 4.98 Å². The maximum absolute atomic E-state index is 6.02. The summed E-state index contributed by atoms with van der Waals surface area (Å²) >= 11 is 0. The summed E-state index contributed by atoms with van der Waals surface area (Å²) in [4.78, 5) is 10.6. The van der Waals surface area contributed by atoms with E-state index in [0.29, 0.717) is 17.8 Å². The molecule has 0 amide bonds. The molecule has 1 aromatic heterocycles. The Kier molecular flexibility index (Phi) is 6.22. The molecule has 1 aliphatic rings. The Morgan fingerprint density at radius 1 is 1.21 bits per heavy atom. The minimum Gasteiger partial charge on any atom is -0.497 e. The van der Waals surface area contributed by atoms with Gasteiger partial charge in [-0.05, 0) is 31.0 Å². The molecule has 4 N–H and O–H groups in total. The van der Waals surface area contributed by atoms with E-state index in [4.69, 9.17) is 20.9 Å². The summed E-state index contributed by atoms with van der Waals surface area (Å²) in [6.45, 7) is 7.26. The van der Waals surface area contributed by atoms with Crippen LogP contribution in [0.5, 0.6) is 5.75 Å². The number of nitrogens with zero attached hydrogens (tertiary/aromatic N) is 3. The van der Waals surface area contributed by atoms with Crippen LogP contribution in [0, 0.1) is 11.8 Å². The second kappa shape index (κ2) is 8.81. The molecule has 1 saturated heterocycles. The number of methoxy groups -OCH3 is 1. The highest BCUT2D eigenvalue weighted by Gasteiger charge is 2.15. The fraction of sp³-hybridized carbons (Fsp3) is 0.429. The van der Waals surface area contributed by atoms with Crippen molar-refractivity contribution in [1.82, 2.24) is 9.97 Å². The number of rotatable bonds is 4. The third kappa shape index (κ3) is 4.46. The van der Waals surface area contributed by atoms with Gasteiger partial charge in [0.15, 0.2) is 0 Å². The van der Waals surface area contributed by atoms with Crippen molar-refractivity contribution in [2.75, 3.05) is 49.8 Å². The highest BCUT2D eigenvalue weighted by molar-refractivity contribution is 5.58. The number of benzene rings is 1. The molecule has 1 aliphatic heterocycles. The lowest BCUT2D eigenvalue weighted by Crippen LogP contribution is -2.36. The monoisotopic (exact) mass is 381 g/mol. The molecule has 0 bridgehead atoms. The van der Waals surface area contributed by atoms with Crippen LogP contribution in [0.15, 0.2) is 18.2 Å². The third-order valence-electron chi connectivity index (χ3n) is 4.80. The van der Waals surface area contributed by atoms with Crippen LogP contribution in [0.1, 0.15) is 36.6 Å². The van der Waals surface area contributed by atoms with E-state index in [1.807, 2.05) is 13.0 Å². The van der Waals surface area contributed by atoms with Gasteiger partial charge in [-0.3, -0.25) is 0 Å². The van der Waals surface area contributed by atoms with Crippen LogP contribution in [-0.2, 0) is 11.2 Å². The molecule has 0 unspecified atom stereocenters. The highest BCUT2D eigenvalue weighted by atomic mass is 16.5. The molecule has 0 saturated carbocycles. The van der Waals surface area contributed by atoms with E-state index in [9.17, 15) is 0 Å². The zero-order chi connectivity index (χ0) is 20.1. The molecule has 1 atom stereocenters. The quantitative estimate of drug-likeness (QED) is 0.783. The number of nitrogens with two attached hydrogens (primary N) is 2. The normalized spacial score (nSPS) is 14.9. The molecule has 0 spiro atoms. The van der Waals surface area contributed by atoms with Crippen molar-refractivity contribution in [3.63, 3.8) is 0 Å². The lowest BCUT2D eigenvalue weighted by Gasteiger charge is -2.29. The number of aromatic nitrogens is 2. The molecule has 2 heterocycles. The predicted octanol–water partition coefficient (Wildman–Crippen LogP) is 2.20. The van der Waals surface area contributed by atoms with Gasteiger partial charge >= 0.3 is 0 Å². The lowest BCUT2D eigenvalue weighted by atomic mass is 9.99. The van der Waals surface area contributed by atoms with E-state index in [-0.39, 0.29) is 11.9 Å². The smallest absolute Gasteiger partial charge is 0.222 e. The zero-order valence-corrected chi connectivity index (χ0v) is 16.7. The SMILES string of the molecule is CCc1nc(N)nc(N)c1C#C[C@H](C)c1cc(OC)cc(N2CCOCC2)c1. The van der Waals surface area contributed by atoms with Gasteiger partial charge in [-0.25, -0.2) is 4.98 Å². The van der Waals surface area contributed by atoms with Crippen LogP contribution in [0.3, 0.4) is 0 Å². The lowest BCUT2D eigenvalue weighted by molar-refractivity contribution is 0.122. The number of nitrogen functional groups attached to an aromatic ring is 2. The minimum absolute atomic E-state index is 0.0171. The van der Waals surface area contributed by atoms with Gasteiger partial charge in [0.05, 0.1) is 31.6 Å². The molecule has 2 aromatic rings. The number of morpholine rings is 1. The van der Waals surface area contributed by atoms with Gasteiger partial charge in [-0.1, -0.05) is 18.8 Å². The van der Waals surface area contributed by atoms with E-state index in [1.165, 1.54) is 0 Å². The van der Waals surface area contributed by atoms with E-state index in [0.717, 1.165) is 49.0 Å². The number of hydrogen-bond acceptors (Lipinski definition) is 7. The average Bonchev–Trinajstić information content (AvgIpc) is 2.72. The van der Waals surface area contributed by atoms with Gasteiger partial charge in [-0.15, -0.1) is 0 Å². The van der Waals surface area contributed by atoms with Crippen molar-refractivity contribution in [3.05, 3.63) is 35.0 Å². The number of anilines is 3. The van der Waals surface area contributed by atoms with Crippen molar-refractivity contribution in [1.29, 1.82) is 0 Å². The Morgan fingerprint density at radius 3 is 2.64 bits per heavy atom. The highest BCUT2D eigenvalue weighted by Crippen LogP contribution is 2.29. The molecule has 148 valence electrons. The summed E-state index contributed by atoms with van der Waals surface area (Å²) in [5, 5.41) is 0. The first-order chi connectivity index (χ1) is 13.5. The van der Waals surface area contributed by atoms with Gasteiger partial charge in [0.2, 0.25) is 5.95 Å². The summed E-state index contributed by atoms with van der Waals surface area (Å²) < 4.78 is 11.0. The largest absolute Gasteiger partial charge is 0.497 e. The van der Waals surface area contributed by atoms with Crippen LogP contribution in [-0.4, -0.2) is 43.4 Å². The van der Waals surface area contributed by atoms with Crippen LogP contribution in [0.25, 0.3) is 0 Å². The zero-order valence-electron chi connectivity index (χ0n) is 16.7. The summed E-state index contributed by atoms with van der Waals surface area (Å²) in [6.07, 6.45) is 0.690. The van der Waals surface area contributed by atoms with Crippen molar-refractivity contribution >= 4 is 17.5 Å².